The largest absolute Gasteiger partial charge is 0.508 e. The summed E-state index contributed by atoms with van der Waals surface area (Å²) >= 11 is 0. The van der Waals surface area contributed by atoms with E-state index in [1.165, 1.54) is 24.8 Å². The molecule has 5 aromatic rings. The van der Waals surface area contributed by atoms with E-state index in [-0.39, 0.29) is 43.5 Å². The van der Waals surface area contributed by atoms with Crippen LogP contribution < -0.4 is 30.2 Å². The molecule has 64 heavy (non-hydrogen) atoms. The van der Waals surface area contributed by atoms with Crippen LogP contribution in [-0.2, 0) is 30.4 Å². The number of nitrogens with one attached hydrogen (secondary N) is 4. The van der Waals surface area contributed by atoms with Gasteiger partial charge < -0.3 is 49.7 Å². The van der Waals surface area contributed by atoms with Gasteiger partial charge in [-0.1, -0.05) is 49.3 Å². The van der Waals surface area contributed by atoms with Crippen LogP contribution in [0.4, 0.5) is 0 Å². The molecule has 2 bridgehead atoms. The zero-order chi connectivity index (χ0) is 43.8. The van der Waals surface area contributed by atoms with Gasteiger partial charge in [-0.05, 0) is 127 Å². The molecule has 1 aromatic heterocycles. The van der Waals surface area contributed by atoms with Crippen molar-refractivity contribution < 1.29 is 39.4 Å². The summed E-state index contributed by atoms with van der Waals surface area (Å²) in [6.07, 6.45) is 9.55. The summed E-state index contributed by atoms with van der Waals surface area (Å²) in [4.78, 5) is 3.32. The highest BCUT2D eigenvalue weighted by atomic mass is 16.6. The number of rotatable bonds is 12. The Labute approximate surface area is 374 Å². The summed E-state index contributed by atoms with van der Waals surface area (Å²) in [6.45, 7) is 2.95. The summed E-state index contributed by atoms with van der Waals surface area (Å²) in [5, 5.41) is 54.8. The van der Waals surface area contributed by atoms with Crippen LogP contribution in [0.15, 0.2) is 66.9 Å². The van der Waals surface area contributed by atoms with Gasteiger partial charge in [-0.25, -0.2) is 0 Å². The van der Waals surface area contributed by atoms with Crippen LogP contribution >= 0.6 is 0 Å². The van der Waals surface area contributed by atoms with Crippen molar-refractivity contribution in [3.05, 3.63) is 100 Å². The Bertz CT molecular complexity index is 2560. The van der Waals surface area contributed by atoms with Crippen molar-refractivity contribution in [2.45, 2.75) is 119 Å². The molecule has 2 aliphatic carbocycles. The van der Waals surface area contributed by atoms with Crippen molar-refractivity contribution in [3.63, 3.8) is 0 Å². The van der Waals surface area contributed by atoms with E-state index in [2.05, 4.69) is 57.0 Å². The van der Waals surface area contributed by atoms with Crippen molar-refractivity contribution in [1.82, 2.24) is 20.9 Å². The maximum absolute atomic E-state index is 11.0. The number of aromatic nitrogens is 1. The molecule has 12 nitrogen and oxygen atoms in total. The smallest absolute Gasteiger partial charge is 0.161 e. The molecule has 4 aromatic carbocycles. The lowest BCUT2D eigenvalue weighted by atomic mass is 9.69. The SMILES string of the molecule is C[C@H](O)CNCN[C@H]1C#CCCOc2cc(ccc2O)[C@H]2Oc3c(c4c(c5c3CC[C@@H](CO)O5)-c3ccc(O)cc3[C@H](Cc3ccc5[nH]ccc5c3)C4)C[C@]12OCNC1CCCCC1. The fourth-order valence-corrected chi connectivity index (χ4v) is 10.9. The van der Waals surface area contributed by atoms with Gasteiger partial charge >= 0.3 is 0 Å². The third kappa shape index (κ3) is 8.30. The maximum atomic E-state index is 11.0. The summed E-state index contributed by atoms with van der Waals surface area (Å²) < 4.78 is 28.0. The Kier molecular flexibility index (Phi) is 12.2. The first-order valence-corrected chi connectivity index (χ1v) is 23.3. The molecule has 6 atom stereocenters. The topological polar surface area (TPSA) is 170 Å². The first-order valence-electron chi connectivity index (χ1n) is 23.3. The molecule has 0 amide bonds. The van der Waals surface area contributed by atoms with E-state index in [0.717, 1.165) is 74.9 Å². The number of hydrogen-bond donors (Lipinski definition) is 8. The number of ether oxygens (including phenoxy) is 4. The molecule has 336 valence electrons. The van der Waals surface area contributed by atoms with E-state index in [9.17, 15) is 20.4 Å². The minimum Gasteiger partial charge on any atom is -0.508 e. The molecule has 5 aliphatic rings. The fraction of sp³-hybridized carbons (Fsp3) is 0.462. The minimum absolute atomic E-state index is 0.00400. The van der Waals surface area contributed by atoms with Crippen LogP contribution in [0.1, 0.15) is 97.3 Å². The van der Waals surface area contributed by atoms with Crippen LogP contribution in [0.3, 0.4) is 0 Å². The maximum Gasteiger partial charge on any atom is 0.161 e. The average Bonchev–Trinajstić information content (AvgIpc) is 3.77. The van der Waals surface area contributed by atoms with Crippen molar-refractivity contribution in [3.8, 4) is 51.7 Å². The van der Waals surface area contributed by atoms with Gasteiger partial charge in [0.15, 0.2) is 17.6 Å². The number of phenols is 2. The van der Waals surface area contributed by atoms with E-state index in [1.807, 2.05) is 30.5 Å². The molecule has 3 aliphatic heterocycles. The van der Waals surface area contributed by atoms with Crippen LogP contribution in [0.25, 0.3) is 22.0 Å². The Morgan fingerprint density at radius 2 is 1.83 bits per heavy atom. The Morgan fingerprint density at radius 3 is 2.69 bits per heavy atom. The molecular weight excluding hydrogens is 809 g/mol. The highest BCUT2D eigenvalue weighted by Gasteiger charge is 2.54. The normalized spacial score (nSPS) is 24.2. The summed E-state index contributed by atoms with van der Waals surface area (Å²) in [7, 11) is 0. The molecule has 12 heteroatoms. The van der Waals surface area contributed by atoms with Crippen molar-refractivity contribution >= 4 is 10.9 Å². The van der Waals surface area contributed by atoms with Crippen molar-refractivity contribution in [2.75, 3.05) is 33.2 Å². The molecule has 10 rings (SSSR count). The second-order valence-corrected chi connectivity index (χ2v) is 18.4. The number of aromatic amines is 1. The van der Waals surface area contributed by atoms with Gasteiger partial charge in [0, 0.05) is 60.5 Å². The second kappa shape index (κ2) is 18.3. The zero-order valence-electron chi connectivity index (χ0n) is 36.6. The summed E-state index contributed by atoms with van der Waals surface area (Å²) in [5.41, 5.74) is 8.03. The summed E-state index contributed by atoms with van der Waals surface area (Å²) in [5.74, 6) is 9.07. The van der Waals surface area contributed by atoms with E-state index < -0.39 is 23.9 Å². The van der Waals surface area contributed by atoms with Gasteiger partial charge in [-0.3, -0.25) is 10.6 Å². The molecule has 0 spiro atoms. The third-order valence-electron chi connectivity index (χ3n) is 14.0. The number of aromatic hydroxyl groups is 2. The highest BCUT2D eigenvalue weighted by Crippen LogP contribution is 2.58. The molecule has 0 saturated heterocycles. The number of benzene rings is 4. The zero-order valence-corrected chi connectivity index (χ0v) is 36.6. The quantitative estimate of drug-likeness (QED) is 0.0377. The second-order valence-electron chi connectivity index (χ2n) is 18.4. The third-order valence-corrected chi connectivity index (χ3v) is 14.0. The average molecular weight is 869 g/mol. The van der Waals surface area contributed by atoms with Crippen molar-refractivity contribution in [1.29, 1.82) is 0 Å². The molecule has 4 heterocycles. The molecule has 0 radical (unpaired) electrons. The van der Waals surface area contributed by atoms with E-state index in [0.29, 0.717) is 62.9 Å². The molecular formula is C52H60N4O8. The van der Waals surface area contributed by atoms with Crippen LogP contribution in [0.2, 0.25) is 0 Å². The van der Waals surface area contributed by atoms with Gasteiger partial charge in [0.2, 0.25) is 0 Å². The number of aliphatic hydroxyl groups excluding tert-OH is 2. The number of hydrogen-bond acceptors (Lipinski definition) is 11. The van der Waals surface area contributed by atoms with Crippen LogP contribution in [0.5, 0.6) is 28.7 Å². The molecule has 1 fully saturated rings. The number of H-pyrrole nitrogens is 1. The van der Waals surface area contributed by atoms with Gasteiger partial charge in [0.1, 0.15) is 35.0 Å². The van der Waals surface area contributed by atoms with E-state index >= 15 is 0 Å². The minimum atomic E-state index is -1.14. The predicted molar refractivity (Wildman–Crippen MR) is 245 cm³/mol. The number of aliphatic hydroxyl groups is 2. The van der Waals surface area contributed by atoms with Gasteiger partial charge in [-0.2, -0.15) is 0 Å². The summed E-state index contributed by atoms with van der Waals surface area (Å²) in [6, 6.07) is 19.5. The van der Waals surface area contributed by atoms with Crippen LogP contribution in [0, 0.1) is 11.8 Å². The van der Waals surface area contributed by atoms with Crippen molar-refractivity contribution in [2.24, 2.45) is 0 Å². The lowest BCUT2D eigenvalue weighted by Gasteiger charge is -2.49. The Morgan fingerprint density at radius 1 is 0.938 bits per heavy atom. The molecule has 1 saturated carbocycles. The predicted octanol–water partition coefficient (Wildman–Crippen LogP) is 6.80. The van der Waals surface area contributed by atoms with E-state index in [1.54, 1.807) is 19.1 Å². The number of phenolic OH excluding ortho intramolecular Hbond substituents is 2. The van der Waals surface area contributed by atoms with Gasteiger partial charge in [-0.15, -0.1) is 0 Å². The lowest BCUT2D eigenvalue weighted by molar-refractivity contribution is -0.144. The Hall–Kier alpha value is -5.26. The Balaban J connectivity index is 1.17. The highest BCUT2D eigenvalue weighted by molar-refractivity contribution is 5.85. The van der Waals surface area contributed by atoms with Crippen LogP contribution in [-0.4, -0.2) is 88.5 Å². The monoisotopic (exact) mass is 868 g/mol. The first-order chi connectivity index (χ1) is 31.3. The first kappa shape index (κ1) is 42.7. The number of fused-ring (bicyclic) bond motifs is 13. The molecule has 0 unspecified atom stereocenters. The van der Waals surface area contributed by atoms with E-state index in [4.69, 9.17) is 18.9 Å². The fourth-order valence-electron chi connectivity index (χ4n) is 10.9. The van der Waals surface area contributed by atoms with Gasteiger partial charge in [0.25, 0.3) is 0 Å². The standard InChI is InChI=1S/C52H60N4O8/c1-31(58)27-53-29-55-47-9-5-6-20-61-46-24-34(11-17-45(46)60)51-52(47,62-30-56-36-7-3-2-4-8-36)26-43-42-23-35(22-32-10-16-44-33(21-32)18-19-54-44)41-25-37(59)12-14-39(41)48(42)50-40(49(43)64-51)15-13-38(28-57)63-50/h10-12,14,16-19,21,24-25,31,35-36,38,47,51,53-60H,2-4,6-8,13,15,20,22-23,26-30H2,1H3/t31-,35+,38-,47-,51+,52-/m0/s1. The van der Waals surface area contributed by atoms with Gasteiger partial charge in [0.05, 0.1) is 26.0 Å². The lowest BCUT2D eigenvalue weighted by Crippen LogP contribution is -2.62. The molecule has 8 N–H and O–H groups in total.